The van der Waals surface area contributed by atoms with Crippen molar-refractivity contribution in [2.75, 3.05) is 18.5 Å². The van der Waals surface area contributed by atoms with Crippen molar-refractivity contribution < 1.29 is 23.9 Å². The van der Waals surface area contributed by atoms with Gasteiger partial charge in [-0.2, -0.15) is 5.26 Å². The zero-order chi connectivity index (χ0) is 18.8. The summed E-state index contributed by atoms with van der Waals surface area (Å²) in [6.07, 6.45) is -0.245. The summed E-state index contributed by atoms with van der Waals surface area (Å²) in [7, 11) is 0. The molecule has 0 radical (unpaired) electrons. The van der Waals surface area contributed by atoms with E-state index in [1.54, 1.807) is 36.4 Å². The fourth-order valence-corrected chi connectivity index (χ4v) is 1.98. The molecule has 1 N–H and O–H groups in total. The first-order valence-corrected chi connectivity index (χ1v) is 7.76. The zero-order valence-corrected chi connectivity index (χ0v) is 13.8. The maximum atomic E-state index is 11.9. The number of carbonyl (C=O) groups is 3. The van der Waals surface area contributed by atoms with Gasteiger partial charge in [0.15, 0.2) is 0 Å². The van der Waals surface area contributed by atoms with Crippen LogP contribution in [0.5, 0.6) is 0 Å². The number of nitrogens with one attached hydrogen (secondary N) is 1. The van der Waals surface area contributed by atoms with Crippen LogP contribution in [0.4, 0.5) is 5.69 Å². The Bertz CT molecular complexity index is 810. The SMILES string of the molecule is N#CCC(=O)Nc1ccc(C(=O)OCCOC(=O)c2ccccc2)cc1. The lowest BCUT2D eigenvalue weighted by molar-refractivity contribution is -0.115. The Morgan fingerprint density at radius 2 is 1.38 bits per heavy atom. The van der Waals surface area contributed by atoms with Crippen LogP contribution in [-0.2, 0) is 14.3 Å². The second kappa shape index (κ2) is 9.59. The maximum Gasteiger partial charge on any atom is 0.338 e. The molecule has 0 unspecified atom stereocenters. The van der Waals surface area contributed by atoms with Crippen molar-refractivity contribution in [1.29, 1.82) is 5.26 Å². The van der Waals surface area contributed by atoms with Crippen LogP contribution in [0.25, 0.3) is 0 Å². The molecule has 1 amide bonds. The van der Waals surface area contributed by atoms with E-state index in [2.05, 4.69) is 5.32 Å². The van der Waals surface area contributed by atoms with Gasteiger partial charge in [0.1, 0.15) is 19.6 Å². The minimum Gasteiger partial charge on any atom is -0.458 e. The van der Waals surface area contributed by atoms with E-state index in [0.29, 0.717) is 11.3 Å². The normalized spacial score (nSPS) is 9.65. The van der Waals surface area contributed by atoms with E-state index in [1.165, 1.54) is 24.3 Å². The Kier molecular flexibility index (Phi) is 6.89. The van der Waals surface area contributed by atoms with E-state index in [1.807, 2.05) is 0 Å². The molecule has 0 saturated carbocycles. The molecule has 7 nitrogen and oxygen atoms in total. The number of hydrogen-bond donors (Lipinski definition) is 1. The second-order valence-corrected chi connectivity index (χ2v) is 5.10. The van der Waals surface area contributed by atoms with E-state index in [-0.39, 0.29) is 25.2 Å². The van der Waals surface area contributed by atoms with E-state index in [9.17, 15) is 14.4 Å². The molecular weight excluding hydrogens is 336 g/mol. The van der Waals surface area contributed by atoms with Gasteiger partial charge in [-0.05, 0) is 36.4 Å². The minimum atomic E-state index is -0.573. The van der Waals surface area contributed by atoms with Crippen molar-refractivity contribution in [3.05, 3.63) is 65.7 Å². The van der Waals surface area contributed by atoms with Gasteiger partial charge in [0.25, 0.3) is 0 Å². The number of hydrogen-bond acceptors (Lipinski definition) is 6. The van der Waals surface area contributed by atoms with Crippen LogP contribution < -0.4 is 5.32 Å². The van der Waals surface area contributed by atoms with E-state index < -0.39 is 17.8 Å². The summed E-state index contributed by atoms with van der Waals surface area (Å²) in [5.74, 6) is -1.49. The summed E-state index contributed by atoms with van der Waals surface area (Å²) >= 11 is 0. The summed E-state index contributed by atoms with van der Waals surface area (Å²) in [6.45, 7) is -0.125. The number of amides is 1. The van der Waals surface area contributed by atoms with Gasteiger partial charge in [-0.25, -0.2) is 9.59 Å². The molecule has 132 valence electrons. The lowest BCUT2D eigenvalue weighted by Gasteiger charge is -2.07. The number of ether oxygens (including phenoxy) is 2. The second-order valence-electron chi connectivity index (χ2n) is 5.10. The van der Waals surface area contributed by atoms with Gasteiger partial charge in [0, 0.05) is 5.69 Å². The molecule has 0 bridgehead atoms. The fraction of sp³-hybridized carbons (Fsp3) is 0.158. The Balaban J connectivity index is 1.75. The van der Waals surface area contributed by atoms with E-state index in [4.69, 9.17) is 14.7 Å². The van der Waals surface area contributed by atoms with Gasteiger partial charge in [0.05, 0.1) is 17.2 Å². The summed E-state index contributed by atoms with van der Waals surface area (Å²) in [5, 5.41) is 10.9. The van der Waals surface area contributed by atoms with Crippen LogP contribution >= 0.6 is 0 Å². The van der Waals surface area contributed by atoms with Crippen LogP contribution in [0, 0.1) is 11.3 Å². The first kappa shape index (κ1) is 18.7. The highest BCUT2D eigenvalue weighted by atomic mass is 16.6. The van der Waals surface area contributed by atoms with Gasteiger partial charge < -0.3 is 14.8 Å². The lowest BCUT2D eigenvalue weighted by Crippen LogP contribution is -2.14. The topological polar surface area (TPSA) is 105 Å². The quantitative estimate of drug-likeness (QED) is 0.606. The third-order valence-electron chi connectivity index (χ3n) is 3.20. The van der Waals surface area contributed by atoms with Crippen LogP contribution in [0.1, 0.15) is 27.1 Å². The predicted molar refractivity (Wildman–Crippen MR) is 92.3 cm³/mol. The van der Waals surface area contributed by atoms with E-state index in [0.717, 1.165) is 0 Å². The van der Waals surface area contributed by atoms with Crippen molar-refractivity contribution in [2.24, 2.45) is 0 Å². The Hall–Kier alpha value is -3.66. The molecule has 0 aliphatic rings. The molecule has 7 heteroatoms. The third kappa shape index (κ3) is 5.76. The number of carbonyl (C=O) groups excluding carboxylic acids is 3. The van der Waals surface area contributed by atoms with Gasteiger partial charge in [-0.15, -0.1) is 0 Å². The van der Waals surface area contributed by atoms with Gasteiger partial charge in [-0.1, -0.05) is 18.2 Å². The van der Waals surface area contributed by atoms with Crippen molar-refractivity contribution in [1.82, 2.24) is 0 Å². The summed E-state index contributed by atoms with van der Waals surface area (Å²) in [4.78, 5) is 34.9. The maximum absolute atomic E-state index is 11.9. The molecule has 26 heavy (non-hydrogen) atoms. The predicted octanol–water partition coefficient (Wildman–Crippen LogP) is 2.55. The van der Waals surface area contributed by atoms with Crippen LogP contribution in [0.2, 0.25) is 0 Å². The van der Waals surface area contributed by atoms with Crippen molar-refractivity contribution in [2.45, 2.75) is 6.42 Å². The van der Waals surface area contributed by atoms with Crippen molar-refractivity contribution in [3.8, 4) is 6.07 Å². The molecule has 2 aromatic rings. The number of rotatable bonds is 7. The monoisotopic (exact) mass is 352 g/mol. The van der Waals surface area contributed by atoms with Crippen LogP contribution in [0.15, 0.2) is 54.6 Å². The molecule has 0 fully saturated rings. The van der Waals surface area contributed by atoms with Crippen LogP contribution in [-0.4, -0.2) is 31.1 Å². The molecule has 0 heterocycles. The average molecular weight is 352 g/mol. The molecule has 0 atom stereocenters. The largest absolute Gasteiger partial charge is 0.458 e. The number of benzene rings is 2. The lowest BCUT2D eigenvalue weighted by atomic mass is 10.2. The summed E-state index contributed by atoms with van der Waals surface area (Å²) in [5.41, 5.74) is 1.18. The van der Waals surface area contributed by atoms with Gasteiger partial charge in [0.2, 0.25) is 5.91 Å². The first-order chi connectivity index (χ1) is 12.6. The number of nitriles is 1. The zero-order valence-electron chi connectivity index (χ0n) is 13.8. The smallest absolute Gasteiger partial charge is 0.338 e. The average Bonchev–Trinajstić information content (AvgIpc) is 2.66. The Morgan fingerprint density at radius 3 is 1.92 bits per heavy atom. The molecular formula is C19H16N2O5. The minimum absolute atomic E-state index is 0.0538. The van der Waals surface area contributed by atoms with Crippen molar-refractivity contribution in [3.63, 3.8) is 0 Å². The highest BCUT2D eigenvalue weighted by molar-refractivity contribution is 5.93. The van der Waals surface area contributed by atoms with E-state index >= 15 is 0 Å². The van der Waals surface area contributed by atoms with Gasteiger partial charge >= 0.3 is 11.9 Å². The third-order valence-corrected chi connectivity index (χ3v) is 3.20. The molecule has 0 aliphatic heterocycles. The molecule has 0 aliphatic carbocycles. The number of anilines is 1. The summed E-state index contributed by atoms with van der Waals surface area (Å²) in [6, 6.07) is 16.3. The van der Waals surface area contributed by atoms with Crippen molar-refractivity contribution >= 4 is 23.5 Å². The molecule has 0 aromatic heterocycles. The Morgan fingerprint density at radius 1 is 0.846 bits per heavy atom. The highest BCUT2D eigenvalue weighted by Gasteiger charge is 2.09. The molecule has 0 spiro atoms. The number of esters is 2. The highest BCUT2D eigenvalue weighted by Crippen LogP contribution is 2.11. The van der Waals surface area contributed by atoms with Crippen LogP contribution in [0.3, 0.4) is 0 Å². The first-order valence-electron chi connectivity index (χ1n) is 7.76. The molecule has 0 saturated heterocycles. The summed E-state index contributed by atoms with van der Waals surface area (Å²) < 4.78 is 10.0. The molecule has 2 rings (SSSR count). The standard InChI is InChI=1S/C19H16N2O5/c20-11-10-17(22)21-16-8-6-15(7-9-16)19(24)26-13-12-25-18(23)14-4-2-1-3-5-14/h1-9H,10,12-13H2,(H,21,22). The number of nitrogens with zero attached hydrogens (tertiary/aromatic N) is 1. The molecule has 2 aromatic carbocycles. The fourth-order valence-electron chi connectivity index (χ4n) is 1.98. The van der Waals surface area contributed by atoms with Gasteiger partial charge in [-0.3, -0.25) is 4.79 Å². The Labute approximate surface area is 150 Å².